The van der Waals surface area contributed by atoms with Gasteiger partial charge < -0.3 is 10.1 Å². The molecule has 0 amide bonds. The maximum Gasteiger partial charge on any atom is 0.196 e. The van der Waals surface area contributed by atoms with Crippen LogP contribution in [0.1, 0.15) is 11.1 Å². The van der Waals surface area contributed by atoms with Gasteiger partial charge in [0.05, 0.1) is 17.6 Å². The molecule has 2 aromatic carbocycles. The normalized spacial score (nSPS) is 14.0. The summed E-state index contributed by atoms with van der Waals surface area (Å²) in [6.07, 6.45) is 4.74. The summed E-state index contributed by atoms with van der Waals surface area (Å²) in [5.74, 6) is 0.00354. The molecule has 1 aliphatic heterocycles. The number of azo groups is 1. The van der Waals surface area contributed by atoms with Crippen LogP contribution >= 0.6 is 0 Å². The molecule has 0 unspecified atom stereocenters. The molecule has 0 aliphatic carbocycles. The highest BCUT2D eigenvalue weighted by molar-refractivity contribution is 7.89. The van der Waals surface area contributed by atoms with E-state index in [9.17, 15) is 13.5 Å². The lowest BCUT2D eigenvalue weighted by atomic mass is 10.1. The fourth-order valence-corrected chi connectivity index (χ4v) is 3.74. The Morgan fingerprint density at radius 2 is 2.04 bits per heavy atom. The van der Waals surface area contributed by atoms with E-state index in [-0.39, 0.29) is 11.6 Å². The molecule has 0 spiro atoms. The minimum absolute atomic E-state index is 0.0383. The number of hydrogen-bond acceptors (Lipinski definition) is 5. The average Bonchev–Trinajstić information content (AvgIpc) is 3.11. The van der Waals surface area contributed by atoms with Gasteiger partial charge in [-0.25, -0.2) is 8.42 Å². The van der Waals surface area contributed by atoms with E-state index in [0.717, 1.165) is 27.0 Å². The zero-order chi connectivity index (χ0) is 17.6. The second kappa shape index (κ2) is 5.56. The number of H-pyrrole nitrogens is 1. The van der Waals surface area contributed by atoms with Crippen LogP contribution in [0, 0.1) is 0 Å². The third-order valence-electron chi connectivity index (χ3n) is 4.04. The maximum absolute atomic E-state index is 11.5. The highest BCUT2D eigenvalue weighted by Crippen LogP contribution is 2.29. The van der Waals surface area contributed by atoms with Crippen LogP contribution in [-0.4, -0.2) is 24.8 Å². The molecule has 0 fully saturated rings. The zero-order valence-electron chi connectivity index (χ0n) is 13.4. The number of rotatable bonds is 3. The van der Waals surface area contributed by atoms with Crippen molar-refractivity contribution in [2.45, 2.75) is 5.75 Å². The van der Waals surface area contributed by atoms with Gasteiger partial charge in [-0.15, -0.1) is 0 Å². The summed E-state index contributed by atoms with van der Waals surface area (Å²) in [6.45, 7) is 0. The van der Waals surface area contributed by atoms with Crippen LogP contribution in [0.25, 0.3) is 23.2 Å². The first-order valence-corrected chi connectivity index (χ1v) is 9.69. The van der Waals surface area contributed by atoms with Crippen LogP contribution in [0.5, 0.6) is 5.88 Å². The van der Waals surface area contributed by atoms with E-state index in [0.29, 0.717) is 11.1 Å². The molecule has 1 aliphatic rings. The first-order valence-electron chi connectivity index (χ1n) is 7.63. The molecule has 0 saturated carbocycles. The number of sulfone groups is 1. The molecule has 0 radical (unpaired) electrons. The number of fused-ring (bicyclic) bond motifs is 2. The molecule has 0 atom stereocenters. The highest BCUT2D eigenvalue weighted by Gasteiger charge is 2.11. The van der Waals surface area contributed by atoms with Gasteiger partial charge in [0.1, 0.15) is 0 Å². The van der Waals surface area contributed by atoms with Gasteiger partial charge in [0, 0.05) is 27.9 Å². The molecule has 1 aromatic heterocycles. The Bertz CT molecular complexity index is 1250. The van der Waals surface area contributed by atoms with Gasteiger partial charge in [0.15, 0.2) is 15.7 Å². The van der Waals surface area contributed by atoms with Gasteiger partial charge >= 0.3 is 0 Å². The number of nitrogens with zero attached hydrogens (tertiary/aromatic N) is 2. The molecule has 7 heteroatoms. The molecule has 4 rings (SSSR count). The van der Waals surface area contributed by atoms with Gasteiger partial charge in [-0.05, 0) is 35.1 Å². The van der Waals surface area contributed by atoms with E-state index in [2.05, 4.69) is 15.2 Å². The molecule has 0 saturated heterocycles. The molecule has 2 heterocycles. The van der Waals surface area contributed by atoms with Crippen molar-refractivity contribution in [2.75, 3.05) is 6.26 Å². The monoisotopic (exact) mass is 353 g/mol. The van der Waals surface area contributed by atoms with E-state index < -0.39 is 9.84 Å². The Hall–Kier alpha value is -2.93. The summed E-state index contributed by atoms with van der Waals surface area (Å²) in [5, 5.41) is 20.8. The number of nitrogens with one attached hydrogen (secondary N) is 1. The zero-order valence-corrected chi connectivity index (χ0v) is 14.2. The van der Waals surface area contributed by atoms with Gasteiger partial charge in [-0.2, -0.15) is 10.2 Å². The second-order valence-electron chi connectivity index (χ2n) is 6.14. The smallest absolute Gasteiger partial charge is 0.196 e. The van der Waals surface area contributed by atoms with E-state index in [4.69, 9.17) is 0 Å². The first kappa shape index (κ1) is 15.6. The van der Waals surface area contributed by atoms with Crippen LogP contribution in [0.2, 0.25) is 0 Å². The maximum atomic E-state index is 11.5. The summed E-state index contributed by atoms with van der Waals surface area (Å²) < 4.78 is 23.1. The third kappa shape index (κ3) is 3.06. The molecule has 0 bridgehead atoms. The van der Waals surface area contributed by atoms with Crippen LogP contribution in [0.4, 0.5) is 5.69 Å². The van der Waals surface area contributed by atoms with Gasteiger partial charge in [0.25, 0.3) is 0 Å². The van der Waals surface area contributed by atoms with Crippen LogP contribution in [0.3, 0.4) is 0 Å². The summed E-state index contributed by atoms with van der Waals surface area (Å²) >= 11 is 0. The van der Waals surface area contributed by atoms with Crippen molar-refractivity contribution in [2.24, 2.45) is 10.2 Å². The Balaban J connectivity index is 1.88. The Morgan fingerprint density at radius 1 is 1.20 bits per heavy atom. The topological polar surface area (TPSA) is 94.9 Å². The fourth-order valence-electron chi connectivity index (χ4n) is 2.95. The van der Waals surface area contributed by atoms with Crippen molar-refractivity contribution in [3.05, 3.63) is 58.0 Å². The minimum atomic E-state index is -3.13. The third-order valence-corrected chi connectivity index (χ3v) is 4.90. The predicted molar refractivity (Wildman–Crippen MR) is 96.8 cm³/mol. The number of benzene rings is 2. The SMILES string of the molecule is CS(=O)(=O)Cc1ccc2[nH]c(O)c(C=c3ccc4c(c3)N=NC=4)c2c1. The van der Waals surface area contributed by atoms with Crippen molar-refractivity contribution in [1.82, 2.24) is 4.98 Å². The van der Waals surface area contributed by atoms with Crippen molar-refractivity contribution in [3.8, 4) is 5.88 Å². The summed E-state index contributed by atoms with van der Waals surface area (Å²) in [7, 11) is -3.13. The van der Waals surface area contributed by atoms with Gasteiger partial charge in [0.2, 0.25) is 0 Å². The largest absolute Gasteiger partial charge is 0.494 e. The van der Waals surface area contributed by atoms with Crippen LogP contribution < -0.4 is 10.4 Å². The van der Waals surface area contributed by atoms with Gasteiger partial charge in [-0.3, -0.25) is 0 Å². The Kier molecular flexibility index (Phi) is 3.47. The molecule has 3 aromatic rings. The number of aromatic hydroxyl groups is 1. The summed E-state index contributed by atoms with van der Waals surface area (Å²) in [6, 6.07) is 11.0. The van der Waals surface area contributed by atoms with Gasteiger partial charge in [-0.1, -0.05) is 18.2 Å². The van der Waals surface area contributed by atoms with Crippen molar-refractivity contribution < 1.29 is 13.5 Å². The molecule has 126 valence electrons. The Morgan fingerprint density at radius 3 is 2.84 bits per heavy atom. The van der Waals surface area contributed by atoms with E-state index in [1.54, 1.807) is 24.4 Å². The lowest BCUT2D eigenvalue weighted by Gasteiger charge is -2.00. The lowest BCUT2D eigenvalue weighted by Crippen LogP contribution is -2.06. The van der Waals surface area contributed by atoms with Crippen molar-refractivity contribution in [3.63, 3.8) is 0 Å². The average molecular weight is 353 g/mol. The molecule has 25 heavy (non-hydrogen) atoms. The quantitative estimate of drug-likeness (QED) is 0.755. The minimum Gasteiger partial charge on any atom is -0.494 e. The number of hydrogen-bond donors (Lipinski definition) is 2. The van der Waals surface area contributed by atoms with Crippen molar-refractivity contribution >= 4 is 38.7 Å². The highest BCUT2D eigenvalue weighted by atomic mass is 32.2. The number of aromatic nitrogens is 1. The first-order chi connectivity index (χ1) is 11.9. The molecular formula is C18H15N3O3S. The fraction of sp³-hybridized carbons (Fsp3) is 0.111. The van der Waals surface area contributed by atoms with Crippen LogP contribution in [-0.2, 0) is 15.6 Å². The Labute approximate surface area is 143 Å². The molecular weight excluding hydrogens is 338 g/mol. The predicted octanol–water partition coefficient (Wildman–Crippen LogP) is 2.08. The number of aromatic amines is 1. The standard InChI is InChI=1S/C18H15N3O3S/c1-25(23,24)10-12-3-5-16-14(7-12)15(18(22)20-16)6-11-2-4-13-9-19-21-17(13)8-11/h2-9,20,22H,10H2,1H3. The summed E-state index contributed by atoms with van der Waals surface area (Å²) in [4.78, 5) is 2.92. The van der Waals surface area contributed by atoms with E-state index in [1.165, 1.54) is 6.26 Å². The van der Waals surface area contributed by atoms with E-state index in [1.807, 2.05) is 24.3 Å². The molecule has 6 nitrogen and oxygen atoms in total. The van der Waals surface area contributed by atoms with Crippen LogP contribution in [0.15, 0.2) is 46.6 Å². The van der Waals surface area contributed by atoms with E-state index >= 15 is 0 Å². The molecule has 2 N–H and O–H groups in total. The van der Waals surface area contributed by atoms with Crippen molar-refractivity contribution in [1.29, 1.82) is 0 Å². The summed E-state index contributed by atoms with van der Waals surface area (Å²) in [5.41, 5.74) is 2.83. The lowest BCUT2D eigenvalue weighted by molar-refractivity contribution is 0.457. The second-order valence-corrected chi connectivity index (χ2v) is 8.28.